The highest BCUT2D eigenvalue weighted by Crippen LogP contribution is 2.40. The van der Waals surface area contributed by atoms with Crippen molar-refractivity contribution in [3.05, 3.63) is 47.0 Å². The molecule has 104 valence electrons. The lowest BCUT2D eigenvalue weighted by atomic mass is 9.96. The minimum atomic E-state index is 0.117. The van der Waals surface area contributed by atoms with Crippen LogP contribution in [0.2, 0.25) is 0 Å². The monoisotopic (exact) mass is 271 g/mol. The molecular formula is C16H17NO3. The Kier molecular flexibility index (Phi) is 2.93. The average molecular weight is 271 g/mol. The van der Waals surface area contributed by atoms with E-state index in [0.717, 1.165) is 16.9 Å². The van der Waals surface area contributed by atoms with Gasteiger partial charge in [-0.2, -0.15) is 0 Å². The normalized spacial score (nSPS) is 13.8. The van der Waals surface area contributed by atoms with E-state index in [1.165, 1.54) is 10.1 Å². The van der Waals surface area contributed by atoms with E-state index < -0.39 is 0 Å². The lowest BCUT2D eigenvalue weighted by Crippen LogP contribution is -1.97. The Morgan fingerprint density at radius 1 is 1.05 bits per heavy atom. The van der Waals surface area contributed by atoms with Gasteiger partial charge in [0.25, 0.3) is 0 Å². The van der Waals surface area contributed by atoms with E-state index in [4.69, 9.17) is 4.74 Å². The number of hydrogen-bond donors (Lipinski definition) is 2. The van der Waals surface area contributed by atoms with E-state index >= 15 is 0 Å². The Labute approximate surface area is 117 Å². The second kappa shape index (κ2) is 4.63. The van der Waals surface area contributed by atoms with Gasteiger partial charge in [-0.3, -0.25) is 4.57 Å². The molecule has 1 aliphatic carbocycles. The predicted molar refractivity (Wildman–Crippen MR) is 76.8 cm³/mol. The van der Waals surface area contributed by atoms with Crippen molar-refractivity contribution in [1.29, 1.82) is 0 Å². The quantitative estimate of drug-likeness (QED) is 0.826. The Morgan fingerprint density at radius 2 is 1.70 bits per heavy atom. The van der Waals surface area contributed by atoms with Crippen molar-refractivity contribution in [2.75, 3.05) is 7.11 Å². The molecule has 2 N–H and O–H groups in total. The highest BCUT2D eigenvalue weighted by molar-refractivity contribution is 5.56. The first-order chi connectivity index (χ1) is 9.61. The molecule has 0 amide bonds. The van der Waals surface area contributed by atoms with Crippen LogP contribution in [0.4, 0.5) is 0 Å². The van der Waals surface area contributed by atoms with Crippen LogP contribution in [0.25, 0.3) is 5.69 Å². The van der Waals surface area contributed by atoms with Crippen molar-refractivity contribution in [3.8, 4) is 23.2 Å². The number of rotatable bonds is 2. The van der Waals surface area contributed by atoms with E-state index in [1.807, 2.05) is 19.1 Å². The maximum absolute atomic E-state index is 10.4. The summed E-state index contributed by atoms with van der Waals surface area (Å²) in [7, 11) is 1.60. The molecule has 0 bridgehead atoms. The van der Waals surface area contributed by atoms with Crippen LogP contribution in [0.15, 0.2) is 35.9 Å². The third kappa shape index (κ3) is 1.84. The molecule has 1 aliphatic rings. The summed E-state index contributed by atoms with van der Waals surface area (Å²) in [6, 6.07) is 7.22. The number of ether oxygens (including phenoxy) is 1. The topological polar surface area (TPSA) is 54.6 Å². The van der Waals surface area contributed by atoms with Gasteiger partial charge < -0.3 is 14.9 Å². The molecule has 0 fully saturated rings. The van der Waals surface area contributed by atoms with E-state index in [1.54, 1.807) is 19.2 Å². The highest BCUT2D eigenvalue weighted by atomic mass is 16.5. The highest BCUT2D eigenvalue weighted by Gasteiger charge is 2.24. The first kappa shape index (κ1) is 12.7. The number of methoxy groups -OCH3 is 1. The molecule has 20 heavy (non-hydrogen) atoms. The molecular weight excluding hydrogens is 254 g/mol. The van der Waals surface area contributed by atoms with Crippen LogP contribution >= 0.6 is 0 Å². The predicted octanol–water partition coefficient (Wildman–Crippen LogP) is 2.94. The van der Waals surface area contributed by atoms with Crippen molar-refractivity contribution in [1.82, 2.24) is 4.57 Å². The summed E-state index contributed by atoms with van der Waals surface area (Å²) >= 11 is 0. The van der Waals surface area contributed by atoms with E-state index in [2.05, 4.69) is 6.08 Å². The molecule has 0 aliphatic heterocycles. The lowest BCUT2D eigenvalue weighted by molar-refractivity contribution is 0.398. The number of fused-ring (bicyclic) bond motifs is 1. The summed E-state index contributed by atoms with van der Waals surface area (Å²) in [4.78, 5) is 0. The number of hydrogen-bond acceptors (Lipinski definition) is 3. The second-order valence-electron chi connectivity index (χ2n) is 5.07. The molecule has 1 aromatic carbocycles. The molecule has 0 unspecified atom stereocenters. The summed E-state index contributed by atoms with van der Waals surface area (Å²) in [5.74, 6) is 0.976. The van der Waals surface area contributed by atoms with Gasteiger partial charge in [0, 0.05) is 11.1 Å². The third-order valence-corrected chi connectivity index (χ3v) is 3.77. The zero-order valence-electron chi connectivity index (χ0n) is 11.6. The minimum absolute atomic E-state index is 0.117. The fraction of sp³-hybridized carbons (Fsp3) is 0.250. The third-order valence-electron chi connectivity index (χ3n) is 3.77. The zero-order valence-corrected chi connectivity index (χ0v) is 11.6. The van der Waals surface area contributed by atoms with E-state index in [-0.39, 0.29) is 11.8 Å². The standard InChI is InChI=1S/C16H17NO3/c1-10-3-8-13-14(9-10)16(19)17(15(13)18)11-4-6-12(20-2)7-5-11/h3-7,18-19H,8-9H2,1-2H3. The van der Waals surface area contributed by atoms with Crippen LogP contribution in [0.5, 0.6) is 17.5 Å². The molecule has 4 heteroatoms. The van der Waals surface area contributed by atoms with Gasteiger partial charge in [-0.05, 0) is 44.0 Å². The molecule has 0 atom stereocenters. The molecule has 2 aromatic rings. The van der Waals surface area contributed by atoms with Crippen LogP contribution in [-0.4, -0.2) is 21.9 Å². The molecule has 1 aromatic heterocycles. The summed E-state index contributed by atoms with van der Waals surface area (Å²) in [5, 5.41) is 20.8. The molecule has 0 saturated carbocycles. The molecule has 0 saturated heterocycles. The lowest BCUT2D eigenvalue weighted by Gasteiger charge is -2.09. The van der Waals surface area contributed by atoms with Gasteiger partial charge in [-0.1, -0.05) is 11.6 Å². The van der Waals surface area contributed by atoms with Crippen molar-refractivity contribution >= 4 is 0 Å². The van der Waals surface area contributed by atoms with Crippen molar-refractivity contribution in [2.45, 2.75) is 19.8 Å². The summed E-state index contributed by atoms with van der Waals surface area (Å²) < 4.78 is 6.60. The smallest absolute Gasteiger partial charge is 0.202 e. The maximum atomic E-state index is 10.4. The summed E-state index contributed by atoms with van der Waals surface area (Å²) in [5.41, 5.74) is 3.55. The van der Waals surface area contributed by atoms with Gasteiger partial charge in [0.2, 0.25) is 11.8 Å². The molecule has 3 rings (SSSR count). The first-order valence-electron chi connectivity index (χ1n) is 6.56. The Balaban J connectivity index is 2.10. The van der Waals surface area contributed by atoms with Gasteiger partial charge in [0.1, 0.15) is 5.75 Å². The summed E-state index contributed by atoms with van der Waals surface area (Å²) in [6.07, 6.45) is 3.42. The molecule has 0 spiro atoms. The second-order valence-corrected chi connectivity index (χ2v) is 5.07. The van der Waals surface area contributed by atoms with E-state index in [9.17, 15) is 10.2 Å². The van der Waals surface area contributed by atoms with Gasteiger partial charge in [0.15, 0.2) is 0 Å². The first-order valence-corrected chi connectivity index (χ1v) is 6.56. The number of aromatic nitrogens is 1. The Hall–Kier alpha value is -2.36. The van der Waals surface area contributed by atoms with Gasteiger partial charge >= 0.3 is 0 Å². The van der Waals surface area contributed by atoms with E-state index in [0.29, 0.717) is 18.5 Å². The maximum Gasteiger partial charge on any atom is 0.202 e. The molecule has 4 nitrogen and oxygen atoms in total. The molecule has 0 radical (unpaired) electrons. The van der Waals surface area contributed by atoms with Crippen molar-refractivity contribution < 1.29 is 14.9 Å². The average Bonchev–Trinajstić information content (AvgIpc) is 2.71. The number of allylic oxidation sites excluding steroid dienone is 2. The number of aromatic hydroxyl groups is 2. The zero-order chi connectivity index (χ0) is 14.3. The molecule has 1 heterocycles. The minimum Gasteiger partial charge on any atom is -0.497 e. The van der Waals surface area contributed by atoms with Crippen molar-refractivity contribution in [2.24, 2.45) is 0 Å². The largest absolute Gasteiger partial charge is 0.497 e. The Bertz CT molecular complexity index is 681. The van der Waals surface area contributed by atoms with Crippen LogP contribution in [0, 0.1) is 0 Å². The van der Waals surface area contributed by atoms with Gasteiger partial charge in [-0.15, -0.1) is 0 Å². The fourth-order valence-electron chi connectivity index (χ4n) is 2.64. The van der Waals surface area contributed by atoms with Crippen molar-refractivity contribution in [3.63, 3.8) is 0 Å². The van der Waals surface area contributed by atoms with Gasteiger partial charge in [0.05, 0.1) is 12.8 Å². The van der Waals surface area contributed by atoms with Crippen LogP contribution in [0.3, 0.4) is 0 Å². The number of nitrogens with zero attached hydrogens (tertiary/aromatic N) is 1. The van der Waals surface area contributed by atoms with Crippen LogP contribution in [-0.2, 0) is 12.8 Å². The van der Waals surface area contributed by atoms with Gasteiger partial charge in [-0.25, -0.2) is 0 Å². The summed E-state index contributed by atoms with van der Waals surface area (Å²) in [6.45, 7) is 2.03. The Morgan fingerprint density at radius 3 is 2.35 bits per heavy atom. The van der Waals surface area contributed by atoms with Crippen LogP contribution in [0.1, 0.15) is 18.1 Å². The SMILES string of the molecule is COc1ccc(-n2c(O)c3c(c2O)CC(C)=CC3)cc1. The number of benzene rings is 1. The van der Waals surface area contributed by atoms with Crippen LogP contribution < -0.4 is 4.74 Å². The fourth-order valence-corrected chi connectivity index (χ4v) is 2.64.